The van der Waals surface area contributed by atoms with E-state index in [1.54, 1.807) is 7.11 Å². The number of ether oxygens (including phenoxy) is 1. The smallest absolute Gasteiger partial charge is 0.407 e. The quantitative estimate of drug-likeness (QED) is 0.939. The van der Waals surface area contributed by atoms with Crippen molar-refractivity contribution in [1.29, 1.82) is 0 Å². The first-order valence-corrected chi connectivity index (χ1v) is 8.00. The normalized spacial score (nSPS) is 15.0. The fourth-order valence-corrected chi connectivity index (χ4v) is 2.88. The summed E-state index contributed by atoms with van der Waals surface area (Å²) in [5, 5.41) is 9.11. The predicted octanol–water partition coefficient (Wildman–Crippen LogP) is 2.95. The molecule has 1 saturated heterocycles. The number of pyridine rings is 1. The average molecular weight is 327 g/mol. The fraction of sp³-hybridized carbons (Fsp3) is 0.333. The lowest BCUT2D eigenvalue weighted by atomic mass is 10.1. The Morgan fingerprint density at radius 2 is 2.00 bits per heavy atom. The van der Waals surface area contributed by atoms with Gasteiger partial charge in [-0.1, -0.05) is 12.1 Å². The predicted molar refractivity (Wildman–Crippen MR) is 92.7 cm³/mol. The molecular formula is C18H21N3O3. The van der Waals surface area contributed by atoms with Crippen molar-refractivity contribution < 1.29 is 14.6 Å². The topological polar surface area (TPSA) is 65.9 Å². The Balaban J connectivity index is 1.73. The molecule has 0 spiro atoms. The first-order valence-electron chi connectivity index (χ1n) is 8.00. The summed E-state index contributed by atoms with van der Waals surface area (Å²) in [6, 6.07) is 11.9. The molecule has 1 aliphatic rings. The van der Waals surface area contributed by atoms with Crippen LogP contribution >= 0.6 is 0 Å². The Morgan fingerprint density at radius 3 is 2.71 bits per heavy atom. The van der Waals surface area contributed by atoms with Crippen LogP contribution in [0.4, 0.5) is 10.6 Å². The first kappa shape index (κ1) is 16.1. The Labute approximate surface area is 141 Å². The van der Waals surface area contributed by atoms with Gasteiger partial charge in [-0.25, -0.2) is 9.78 Å². The number of anilines is 1. The van der Waals surface area contributed by atoms with Crippen LogP contribution in [-0.2, 0) is 0 Å². The van der Waals surface area contributed by atoms with Crippen LogP contribution in [0.1, 0.15) is 6.42 Å². The second-order valence-corrected chi connectivity index (χ2v) is 5.75. The van der Waals surface area contributed by atoms with Crippen LogP contribution in [0.25, 0.3) is 11.1 Å². The summed E-state index contributed by atoms with van der Waals surface area (Å²) in [5.41, 5.74) is 2.08. The van der Waals surface area contributed by atoms with E-state index in [0.717, 1.165) is 35.7 Å². The molecule has 0 aliphatic carbocycles. The van der Waals surface area contributed by atoms with E-state index in [1.807, 2.05) is 42.6 Å². The number of carbonyl (C=O) groups is 1. The highest BCUT2D eigenvalue weighted by atomic mass is 16.5. The summed E-state index contributed by atoms with van der Waals surface area (Å²) in [5.74, 6) is 1.70. The fourth-order valence-electron chi connectivity index (χ4n) is 2.88. The highest BCUT2D eigenvalue weighted by molar-refractivity contribution is 5.66. The molecule has 0 unspecified atom stereocenters. The molecule has 24 heavy (non-hydrogen) atoms. The van der Waals surface area contributed by atoms with E-state index in [9.17, 15) is 4.79 Å². The average Bonchev–Trinajstić information content (AvgIpc) is 2.88. The van der Waals surface area contributed by atoms with Crippen molar-refractivity contribution in [2.45, 2.75) is 6.42 Å². The number of rotatable bonds is 3. The van der Waals surface area contributed by atoms with Crippen molar-refractivity contribution in [3.05, 3.63) is 42.6 Å². The van der Waals surface area contributed by atoms with Crippen molar-refractivity contribution in [3.63, 3.8) is 0 Å². The second-order valence-electron chi connectivity index (χ2n) is 5.75. The number of hydrogen-bond acceptors (Lipinski definition) is 4. The Kier molecular flexibility index (Phi) is 4.84. The Morgan fingerprint density at radius 1 is 1.12 bits per heavy atom. The molecule has 6 nitrogen and oxygen atoms in total. The van der Waals surface area contributed by atoms with Gasteiger partial charge in [0.15, 0.2) is 0 Å². The number of amides is 1. The minimum absolute atomic E-state index is 0.509. The minimum atomic E-state index is -0.849. The lowest BCUT2D eigenvalue weighted by Crippen LogP contribution is -2.34. The zero-order chi connectivity index (χ0) is 16.9. The van der Waals surface area contributed by atoms with Crippen LogP contribution in [0, 0.1) is 0 Å². The second kappa shape index (κ2) is 7.21. The molecule has 1 fully saturated rings. The zero-order valence-corrected chi connectivity index (χ0v) is 13.7. The molecule has 1 aromatic heterocycles. The Hall–Kier alpha value is -2.76. The first-order chi connectivity index (χ1) is 11.7. The van der Waals surface area contributed by atoms with Gasteiger partial charge in [-0.15, -0.1) is 0 Å². The largest absolute Gasteiger partial charge is 0.497 e. The monoisotopic (exact) mass is 327 g/mol. The van der Waals surface area contributed by atoms with Gasteiger partial charge in [-0.3, -0.25) is 0 Å². The number of carboxylic acid groups (broad SMARTS) is 1. The van der Waals surface area contributed by atoms with Crippen molar-refractivity contribution >= 4 is 11.9 Å². The lowest BCUT2D eigenvalue weighted by Gasteiger charge is -2.21. The van der Waals surface area contributed by atoms with Gasteiger partial charge < -0.3 is 19.6 Å². The van der Waals surface area contributed by atoms with Crippen LogP contribution in [0.2, 0.25) is 0 Å². The molecule has 6 heteroatoms. The van der Waals surface area contributed by atoms with Crippen LogP contribution in [-0.4, -0.2) is 54.4 Å². The van der Waals surface area contributed by atoms with Crippen LogP contribution in [0.15, 0.2) is 42.6 Å². The summed E-state index contributed by atoms with van der Waals surface area (Å²) in [6.07, 6.45) is 1.81. The summed E-state index contributed by atoms with van der Waals surface area (Å²) >= 11 is 0. The maximum Gasteiger partial charge on any atom is 0.407 e. The lowest BCUT2D eigenvalue weighted by molar-refractivity contribution is 0.148. The van der Waals surface area contributed by atoms with Crippen molar-refractivity contribution in [2.75, 3.05) is 38.2 Å². The molecule has 1 aliphatic heterocycles. The van der Waals surface area contributed by atoms with Gasteiger partial charge in [-0.05, 0) is 36.2 Å². The number of benzene rings is 1. The molecule has 2 heterocycles. The number of aromatic nitrogens is 1. The van der Waals surface area contributed by atoms with Crippen LogP contribution in [0.3, 0.4) is 0 Å². The van der Waals surface area contributed by atoms with Crippen LogP contribution in [0.5, 0.6) is 5.75 Å². The van der Waals surface area contributed by atoms with Gasteiger partial charge >= 0.3 is 6.09 Å². The van der Waals surface area contributed by atoms with E-state index >= 15 is 0 Å². The third-order valence-electron chi connectivity index (χ3n) is 4.24. The van der Waals surface area contributed by atoms with Crippen LogP contribution < -0.4 is 9.64 Å². The molecule has 1 amide bonds. The third-order valence-corrected chi connectivity index (χ3v) is 4.24. The maximum absolute atomic E-state index is 11.1. The van der Waals surface area contributed by atoms with Gasteiger partial charge in [-0.2, -0.15) is 0 Å². The van der Waals surface area contributed by atoms with E-state index in [2.05, 4.69) is 9.88 Å². The zero-order valence-electron chi connectivity index (χ0n) is 13.7. The number of hydrogen-bond donors (Lipinski definition) is 1. The summed E-state index contributed by atoms with van der Waals surface area (Å²) in [6.45, 7) is 2.56. The minimum Gasteiger partial charge on any atom is -0.497 e. The molecule has 2 aromatic rings. The molecule has 3 rings (SSSR count). The highest BCUT2D eigenvalue weighted by Gasteiger charge is 2.19. The molecule has 0 bridgehead atoms. The Bertz CT molecular complexity index is 703. The molecule has 1 N–H and O–H groups in total. The van der Waals surface area contributed by atoms with Crippen molar-refractivity contribution in [1.82, 2.24) is 9.88 Å². The van der Waals surface area contributed by atoms with E-state index in [-0.39, 0.29) is 0 Å². The van der Waals surface area contributed by atoms with Gasteiger partial charge in [0.25, 0.3) is 0 Å². The number of nitrogens with zero attached hydrogens (tertiary/aromatic N) is 3. The maximum atomic E-state index is 11.1. The van der Waals surface area contributed by atoms with E-state index in [0.29, 0.717) is 19.6 Å². The molecule has 1 aromatic carbocycles. The van der Waals surface area contributed by atoms with Gasteiger partial charge in [0.05, 0.1) is 7.11 Å². The molecule has 126 valence electrons. The standard InChI is InChI=1S/C18H21N3O3/c1-24-16-5-2-4-14(12-16)15-6-7-17(19-13-15)20-8-3-9-21(11-10-20)18(22)23/h2,4-7,12-13H,3,8-11H2,1H3,(H,22,23). The van der Waals surface area contributed by atoms with Gasteiger partial charge in [0.1, 0.15) is 11.6 Å². The molecule has 0 atom stereocenters. The SMILES string of the molecule is COc1cccc(-c2ccc(N3CCCN(C(=O)O)CC3)nc2)c1. The molecular weight excluding hydrogens is 306 g/mol. The molecule has 0 radical (unpaired) electrons. The van der Waals surface area contributed by atoms with E-state index in [4.69, 9.17) is 9.84 Å². The highest BCUT2D eigenvalue weighted by Crippen LogP contribution is 2.25. The van der Waals surface area contributed by atoms with Gasteiger partial charge in [0.2, 0.25) is 0 Å². The van der Waals surface area contributed by atoms with E-state index < -0.39 is 6.09 Å². The number of methoxy groups -OCH3 is 1. The van der Waals surface area contributed by atoms with E-state index in [1.165, 1.54) is 4.90 Å². The molecule has 0 saturated carbocycles. The third kappa shape index (κ3) is 3.59. The summed E-state index contributed by atoms with van der Waals surface area (Å²) in [4.78, 5) is 19.3. The summed E-state index contributed by atoms with van der Waals surface area (Å²) < 4.78 is 5.26. The summed E-state index contributed by atoms with van der Waals surface area (Å²) in [7, 11) is 1.65. The van der Waals surface area contributed by atoms with Crippen molar-refractivity contribution in [3.8, 4) is 16.9 Å². The van der Waals surface area contributed by atoms with Crippen molar-refractivity contribution in [2.24, 2.45) is 0 Å². The van der Waals surface area contributed by atoms with Gasteiger partial charge in [0, 0.05) is 37.9 Å².